The van der Waals surface area contributed by atoms with Gasteiger partial charge in [0.2, 0.25) is 0 Å². The molecular formula is C11H10NNaO3S. The number of rotatable bonds is 2. The van der Waals surface area contributed by atoms with Crippen molar-refractivity contribution in [3.63, 3.8) is 0 Å². The van der Waals surface area contributed by atoms with Gasteiger partial charge < -0.3 is 9.87 Å². The fraction of sp³-hybridized carbons (Fsp3) is 0.0909. The first-order valence-corrected chi connectivity index (χ1v) is 6.09. The van der Waals surface area contributed by atoms with Gasteiger partial charge in [-0.3, -0.25) is 0 Å². The first-order valence-electron chi connectivity index (χ1n) is 4.68. The molecule has 0 spiro atoms. The van der Waals surface area contributed by atoms with E-state index >= 15 is 0 Å². The average Bonchev–Trinajstić information content (AvgIpc) is 2.26. The van der Waals surface area contributed by atoms with Crippen LogP contribution in [-0.2, 0) is 10.1 Å². The first-order chi connectivity index (χ1) is 7.50. The first kappa shape index (κ1) is 14.5. The Labute approximate surface area is 122 Å². The van der Waals surface area contributed by atoms with Crippen LogP contribution in [0.5, 0.6) is 0 Å². The topological polar surface area (TPSA) is 69.2 Å². The monoisotopic (exact) mass is 259 g/mol. The van der Waals surface area contributed by atoms with Crippen molar-refractivity contribution >= 4 is 26.6 Å². The van der Waals surface area contributed by atoms with Crippen molar-refractivity contribution in [3.8, 4) is 0 Å². The van der Waals surface area contributed by atoms with Crippen LogP contribution >= 0.6 is 0 Å². The SMILES string of the molecule is CNc1ccc2cc(S(=O)(=O)[O-])ccc2c1.[Na+]. The quantitative estimate of drug-likeness (QED) is 0.543. The van der Waals surface area contributed by atoms with E-state index in [9.17, 15) is 13.0 Å². The van der Waals surface area contributed by atoms with Crippen molar-refractivity contribution in [2.24, 2.45) is 0 Å². The summed E-state index contributed by atoms with van der Waals surface area (Å²) in [7, 11) is -2.57. The molecule has 0 aliphatic heterocycles. The van der Waals surface area contributed by atoms with Crippen molar-refractivity contribution in [3.05, 3.63) is 36.4 Å². The third kappa shape index (κ3) is 3.20. The van der Waals surface area contributed by atoms with Crippen LogP contribution in [0.15, 0.2) is 41.3 Å². The van der Waals surface area contributed by atoms with E-state index < -0.39 is 10.1 Å². The van der Waals surface area contributed by atoms with Crippen LogP contribution in [0.25, 0.3) is 10.8 Å². The maximum atomic E-state index is 10.8. The molecule has 0 fully saturated rings. The van der Waals surface area contributed by atoms with Gasteiger partial charge in [-0.1, -0.05) is 12.1 Å². The summed E-state index contributed by atoms with van der Waals surface area (Å²) in [5, 5.41) is 4.60. The third-order valence-electron chi connectivity index (χ3n) is 2.39. The molecule has 0 atom stereocenters. The number of anilines is 1. The predicted molar refractivity (Wildman–Crippen MR) is 61.5 cm³/mol. The summed E-state index contributed by atoms with van der Waals surface area (Å²) < 4.78 is 32.5. The Morgan fingerprint density at radius 3 is 2.24 bits per heavy atom. The summed E-state index contributed by atoms with van der Waals surface area (Å²) in [6, 6.07) is 9.82. The maximum absolute atomic E-state index is 10.8. The van der Waals surface area contributed by atoms with Crippen molar-refractivity contribution in [1.82, 2.24) is 0 Å². The molecule has 0 amide bonds. The van der Waals surface area contributed by atoms with Crippen LogP contribution in [0.3, 0.4) is 0 Å². The molecule has 1 N–H and O–H groups in total. The number of hydrogen-bond donors (Lipinski definition) is 1. The molecule has 0 saturated carbocycles. The summed E-state index contributed by atoms with van der Waals surface area (Å²) in [6.45, 7) is 0. The Balaban J connectivity index is 0.00000144. The molecule has 2 aromatic carbocycles. The average molecular weight is 259 g/mol. The molecule has 0 unspecified atom stereocenters. The zero-order chi connectivity index (χ0) is 11.8. The molecule has 2 rings (SSSR count). The summed E-state index contributed by atoms with van der Waals surface area (Å²) in [5.41, 5.74) is 0.935. The number of benzene rings is 2. The van der Waals surface area contributed by atoms with E-state index in [1.165, 1.54) is 12.1 Å². The molecule has 2 aromatic rings. The Morgan fingerprint density at radius 1 is 1.06 bits per heavy atom. The van der Waals surface area contributed by atoms with E-state index in [0.717, 1.165) is 16.5 Å². The van der Waals surface area contributed by atoms with Crippen LogP contribution in [0, 0.1) is 0 Å². The molecule has 0 saturated heterocycles. The van der Waals surface area contributed by atoms with Crippen LogP contribution in [0.1, 0.15) is 0 Å². The molecule has 0 aliphatic carbocycles. The molecule has 0 radical (unpaired) electrons. The molecule has 17 heavy (non-hydrogen) atoms. The van der Waals surface area contributed by atoms with Crippen molar-refractivity contribution in [2.45, 2.75) is 4.90 Å². The Bertz CT molecular complexity index is 640. The molecule has 0 aromatic heterocycles. The molecule has 4 nitrogen and oxygen atoms in total. The minimum Gasteiger partial charge on any atom is -0.744 e. The van der Waals surface area contributed by atoms with Gasteiger partial charge >= 0.3 is 29.6 Å². The molecule has 6 heteroatoms. The minimum atomic E-state index is -4.38. The second kappa shape index (κ2) is 5.37. The van der Waals surface area contributed by atoms with Gasteiger partial charge in [-0.2, -0.15) is 0 Å². The van der Waals surface area contributed by atoms with Gasteiger partial charge in [0.15, 0.2) is 0 Å². The van der Waals surface area contributed by atoms with E-state index in [4.69, 9.17) is 0 Å². The summed E-state index contributed by atoms with van der Waals surface area (Å²) >= 11 is 0. The van der Waals surface area contributed by atoms with E-state index in [1.54, 1.807) is 19.2 Å². The zero-order valence-electron chi connectivity index (χ0n) is 9.60. The van der Waals surface area contributed by atoms with Gasteiger partial charge in [-0.05, 0) is 35.0 Å². The number of nitrogens with one attached hydrogen (secondary N) is 1. The fourth-order valence-corrected chi connectivity index (χ4v) is 2.04. The van der Waals surface area contributed by atoms with Gasteiger partial charge in [0.05, 0.1) is 4.90 Å². The predicted octanol–water partition coefficient (Wildman–Crippen LogP) is -1.21. The largest absolute Gasteiger partial charge is 1.00 e. The number of fused-ring (bicyclic) bond motifs is 1. The molecule has 0 heterocycles. The minimum absolute atomic E-state index is 0. The van der Waals surface area contributed by atoms with Gasteiger partial charge in [0.1, 0.15) is 10.1 Å². The Morgan fingerprint density at radius 2 is 1.65 bits per heavy atom. The molecule has 0 bridgehead atoms. The van der Waals surface area contributed by atoms with Gasteiger partial charge in [0.25, 0.3) is 0 Å². The summed E-state index contributed by atoms with van der Waals surface area (Å²) in [4.78, 5) is -0.197. The normalized spacial score (nSPS) is 10.9. The Kier molecular flexibility index (Phi) is 4.57. The van der Waals surface area contributed by atoms with Crippen LogP contribution in [0.2, 0.25) is 0 Å². The van der Waals surface area contributed by atoms with Crippen molar-refractivity contribution in [1.29, 1.82) is 0 Å². The smallest absolute Gasteiger partial charge is 0.744 e. The van der Waals surface area contributed by atoms with Crippen LogP contribution in [-0.4, -0.2) is 20.0 Å². The van der Waals surface area contributed by atoms with Gasteiger partial charge in [-0.25, -0.2) is 8.42 Å². The summed E-state index contributed by atoms with van der Waals surface area (Å²) in [5.74, 6) is 0. The van der Waals surface area contributed by atoms with Crippen LogP contribution < -0.4 is 34.9 Å². The van der Waals surface area contributed by atoms with E-state index in [2.05, 4.69) is 5.32 Å². The molecule has 84 valence electrons. The standard InChI is InChI=1S/C11H11NO3S.Na/c1-12-10-4-2-9-7-11(16(13,14)15)5-3-8(9)6-10;/h2-7,12H,1H3,(H,13,14,15);/q;+1/p-1. The summed E-state index contributed by atoms with van der Waals surface area (Å²) in [6.07, 6.45) is 0. The Hall–Kier alpha value is -0.590. The van der Waals surface area contributed by atoms with Crippen molar-refractivity contribution in [2.75, 3.05) is 12.4 Å². The zero-order valence-corrected chi connectivity index (χ0v) is 12.4. The van der Waals surface area contributed by atoms with Crippen LogP contribution in [0.4, 0.5) is 5.69 Å². The third-order valence-corrected chi connectivity index (χ3v) is 3.22. The maximum Gasteiger partial charge on any atom is 1.00 e. The molecule has 0 aliphatic rings. The number of hydrogen-bond acceptors (Lipinski definition) is 4. The van der Waals surface area contributed by atoms with E-state index in [-0.39, 0.29) is 34.5 Å². The van der Waals surface area contributed by atoms with Crippen molar-refractivity contribution < 1.29 is 42.5 Å². The molecular weight excluding hydrogens is 249 g/mol. The van der Waals surface area contributed by atoms with E-state index in [0.29, 0.717) is 0 Å². The van der Waals surface area contributed by atoms with E-state index in [1.807, 2.05) is 12.1 Å². The van der Waals surface area contributed by atoms with Gasteiger partial charge in [0, 0.05) is 12.7 Å². The fourth-order valence-electron chi connectivity index (χ4n) is 1.53. The van der Waals surface area contributed by atoms with Gasteiger partial charge in [-0.15, -0.1) is 0 Å². The second-order valence-corrected chi connectivity index (χ2v) is 4.81. The second-order valence-electron chi connectivity index (χ2n) is 3.43.